The molecular weight excluding hydrogens is 462 g/mol. The van der Waals surface area contributed by atoms with Crippen LogP contribution in [0.15, 0.2) is 48.5 Å². The van der Waals surface area contributed by atoms with Crippen LogP contribution in [0.1, 0.15) is 61.0 Å². The topological polar surface area (TPSA) is 87.7 Å². The van der Waals surface area contributed by atoms with Gasteiger partial charge in [-0.1, -0.05) is 44.2 Å². The number of rotatable bonds is 8. The molecule has 0 radical (unpaired) electrons. The number of amides is 3. The van der Waals surface area contributed by atoms with Crippen molar-refractivity contribution in [2.24, 2.45) is 5.92 Å². The van der Waals surface area contributed by atoms with Crippen LogP contribution >= 0.6 is 11.8 Å². The molecule has 8 heteroatoms. The van der Waals surface area contributed by atoms with Crippen LogP contribution in [0.25, 0.3) is 0 Å². The van der Waals surface area contributed by atoms with E-state index in [0.29, 0.717) is 18.5 Å². The molecule has 0 bridgehead atoms. The Balaban J connectivity index is 1.48. The predicted octanol–water partition coefficient (Wildman–Crippen LogP) is 3.89. The highest BCUT2D eigenvalue weighted by Gasteiger charge is 2.57. The van der Waals surface area contributed by atoms with Crippen molar-refractivity contribution in [3.05, 3.63) is 65.2 Å². The molecule has 35 heavy (non-hydrogen) atoms. The zero-order chi connectivity index (χ0) is 25.3. The standard InChI is InChI=1S/C27H33N3O4S/c1-16(2)14-21(23(31)28-15-17-10-12-18(34-5)13-11-17)29-24(32)22-27(3,4)35-26-20-9-7-6-8-19(20)25(33)30(22)26/h6-13,16,21-22,26H,14-15H2,1-5H3,(H,28,31)(H,29,32)/t21-,22+,26-/m0/s1. The Kier molecular flexibility index (Phi) is 7.12. The van der Waals surface area contributed by atoms with Crippen LogP contribution in [-0.2, 0) is 16.1 Å². The Labute approximate surface area is 211 Å². The third-order valence-corrected chi connectivity index (χ3v) is 8.05. The number of carbonyl (C=O) groups excluding carboxylic acids is 3. The molecule has 0 aromatic heterocycles. The first kappa shape index (κ1) is 25.1. The normalized spacial score (nSPS) is 20.9. The minimum absolute atomic E-state index is 0.131. The SMILES string of the molecule is COc1ccc(CNC(=O)[C@H](CC(C)C)NC(=O)[C@H]2N3C(=O)c4ccccc4[C@@H]3SC2(C)C)cc1. The van der Waals surface area contributed by atoms with Gasteiger partial charge in [0.1, 0.15) is 23.2 Å². The molecule has 2 aromatic rings. The molecule has 2 aromatic carbocycles. The van der Waals surface area contributed by atoms with Crippen LogP contribution in [0, 0.1) is 5.92 Å². The molecule has 3 amide bonds. The molecule has 0 unspecified atom stereocenters. The highest BCUT2D eigenvalue weighted by molar-refractivity contribution is 8.01. The van der Waals surface area contributed by atoms with E-state index < -0.39 is 16.8 Å². The van der Waals surface area contributed by atoms with Crippen molar-refractivity contribution in [2.75, 3.05) is 7.11 Å². The molecular formula is C27H33N3O4S. The van der Waals surface area contributed by atoms with E-state index >= 15 is 0 Å². The highest BCUT2D eigenvalue weighted by atomic mass is 32.2. The number of benzene rings is 2. The molecule has 4 rings (SSSR count). The fourth-order valence-corrected chi connectivity index (χ4v) is 6.40. The summed E-state index contributed by atoms with van der Waals surface area (Å²) >= 11 is 1.61. The maximum absolute atomic E-state index is 13.6. The maximum atomic E-state index is 13.6. The van der Waals surface area contributed by atoms with E-state index in [4.69, 9.17) is 4.74 Å². The summed E-state index contributed by atoms with van der Waals surface area (Å²) in [4.78, 5) is 41.7. The molecule has 0 aliphatic carbocycles. The van der Waals surface area contributed by atoms with Crippen LogP contribution in [-0.4, -0.2) is 46.6 Å². The summed E-state index contributed by atoms with van der Waals surface area (Å²) in [6.07, 6.45) is 0.498. The third kappa shape index (κ3) is 5.03. The smallest absolute Gasteiger partial charge is 0.256 e. The van der Waals surface area contributed by atoms with E-state index in [1.807, 2.05) is 76.2 Å². The quantitative estimate of drug-likeness (QED) is 0.580. The summed E-state index contributed by atoms with van der Waals surface area (Å²) in [5, 5.41) is 5.73. The highest BCUT2D eigenvalue weighted by Crippen LogP contribution is 2.56. The van der Waals surface area contributed by atoms with Gasteiger partial charge >= 0.3 is 0 Å². The largest absolute Gasteiger partial charge is 0.497 e. The number of thioether (sulfide) groups is 1. The predicted molar refractivity (Wildman–Crippen MR) is 137 cm³/mol. The van der Waals surface area contributed by atoms with Crippen molar-refractivity contribution in [3.63, 3.8) is 0 Å². The van der Waals surface area contributed by atoms with Crippen LogP contribution < -0.4 is 15.4 Å². The van der Waals surface area contributed by atoms with Crippen molar-refractivity contribution in [1.82, 2.24) is 15.5 Å². The number of hydrogen-bond acceptors (Lipinski definition) is 5. The lowest BCUT2D eigenvalue weighted by Crippen LogP contribution is -2.57. The number of nitrogens with zero attached hydrogens (tertiary/aromatic N) is 1. The van der Waals surface area contributed by atoms with E-state index in [2.05, 4.69) is 10.6 Å². The van der Waals surface area contributed by atoms with E-state index in [1.54, 1.807) is 23.8 Å². The monoisotopic (exact) mass is 495 g/mol. The minimum atomic E-state index is -0.694. The Bertz CT molecular complexity index is 1120. The van der Waals surface area contributed by atoms with Crippen molar-refractivity contribution in [3.8, 4) is 5.75 Å². The number of methoxy groups -OCH3 is 1. The van der Waals surface area contributed by atoms with Gasteiger partial charge < -0.3 is 20.3 Å². The van der Waals surface area contributed by atoms with Gasteiger partial charge in [-0.05, 0) is 55.5 Å². The van der Waals surface area contributed by atoms with Crippen LogP contribution in [0.2, 0.25) is 0 Å². The van der Waals surface area contributed by atoms with Gasteiger partial charge in [0, 0.05) is 16.9 Å². The average molecular weight is 496 g/mol. The number of nitrogens with one attached hydrogen (secondary N) is 2. The summed E-state index contributed by atoms with van der Waals surface area (Å²) in [5.41, 5.74) is 2.53. The number of fused-ring (bicyclic) bond motifs is 3. The van der Waals surface area contributed by atoms with Gasteiger partial charge in [0.2, 0.25) is 11.8 Å². The molecule has 0 saturated carbocycles. The molecule has 1 saturated heterocycles. The van der Waals surface area contributed by atoms with Gasteiger partial charge in [-0.25, -0.2) is 0 Å². The van der Waals surface area contributed by atoms with E-state index in [9.17, 15) is 14.4 Å². The molecule has 2 aliphatic rings. The third-order valence-electron chi connectivity index (χ3n) is 6.51. The first-order chi connectivity index (χ1) is 16.6. The summed E-state index contributed by atoms with van der Waals surface area (Å²) in [6.45, 7) is 8.35. The zero-order valence-corrected chi connectivity index (χ0v) is 21.6. The molecule has 1 fully saturated rings. The summed E-state index contributed by atoms with van der Waals surface area (Å²) in [7, 11) is 1.61. The van der Waals surface area contributed by atoms with Gasteiger partial charge in [0.25, 0.3) is 5.91 Å². The maximum Gasteiger partial charge on any atom is 0.256 e. The Morgan fingerprint density at radius 2 is 1.80 bits per heavy atom. The molecule has 2 N–H and O–H groups in total. The molecule has 2 aliphatic heterocycles. The summed E-state index contributed by atoms with van der Waals surface area (Å²) in [6, 6.07) is 13.6. The lowest BCUT2D eigenvalue weighted by Gasteiger charge is -2.31. The average Bonchev–Trinajstić information content (AvgIpc) is 3.26. The zero-order valence-electron chi connectivity index (χ0n) is 20.8. The fraction of sp³-hybridized carbons (Fsp3) is 0.444. The van der Waals surface area contributed by atoms with E-state index in [1.165, 1.54) is 0 Å². The van der Waals surface area contributed by atoms with Crippen LogP contribution in [0.4, 0.5) is 0 Å². The second-order valence-electron chi connectivity index (χ2n) is 10.0. The molecule has 7 nitrogen and oxygen atoms in total. The lowest BCUT2D eigenvalue weighted by atomic mass is 9.98. The van der Waals surface area contributed by atoms with Crippen molar-refractivity contribution in [2.45, 2.75) is 62.9 Å². The van der Waals surface area contributed by atoms with Gasteiger partial charge in [0.05, 0.1) is 7.11 Å². The van der Waals surface area contributed by atoms with E-state index in [-0.39, 0.29) is 29.0 Å². The van der Waals surface area contributed by atoms with E-state index in [0.717, 1.165) is 16.9 Å². The molecule has 3 atom stereocenters. The summed E-state index contributed by atoms with van der Waals surface area (Å²) < 4.78 is 4.68. The van der Waals surface area contributed by atoms with Gasteiger partial charge in [-0.15, -0.1) is 11.8 Å². The Morgan fingerprint density at radius 1 is 1.11 bits per heavy atom. The first-order valence-corrected chi connectivity index (χ1v) is 12.8. The number of hydrogen-bond donors (Lipinski definition) is 2. The van der Waals surface area contributed by atoms with Crippen molar-refractivity contribution in [1.29, 1.82) is 0 Å². The second kappa shape index (κ2) is 9.93. The van der Waals surface area contributed by atoms with Crippen molar-refractivity contribution >= 4 is 29.5 Å². The molecule has 186 valence electrons. The van der Waals surface area contributed by atoms with Gasteiger partial charge in [0.15, 0.2) is 0 Å². The number of ether oxygens (including phenoxy) is 1. The van der Waals surface area contributed by atoms with Crippen molar-refractivity contribution < 1.29 is 19.1 Å². The Morgan fingerprint density at radius 3 is 2.46 bits per heavy atom. The molecule has 0 spiro atoms. The molecule has 2 heterocycles. The second-order valence-corrected chi connectivity index (χ2v) is 11.8. The minimum Gasteiger partial charge on any atom is -0.497 e. The van der Waals surface area contributed by atoms with Gasteiger partial charge in [-0.2, -0.15) is 0 Å². The summed E-state index contributed by atoms with van der Waals surface area (Å²) in [5.74, 6) is 0.283. The first-order valence-electron chi connectivity index (χ1n) is 11.9. The van der Waals surface area contributed by atoms with Gasteiger partial charge in [-0.3, -0.25) is 14.4 Å². The fourth-order valence-electron chi connectivity index (χ4n) is 4.81. The lowest BCUT2D eigenvalue weighted by molar-refractivity contribution is -0.132. The van der Waals surface area contributed by atoms with Crippen LogP contribution in [0.3, 0.4) is 0 Å². The number of carbonyl (C=O) groups is 3. The Hall–Kier alpha value is -3.00. The van der Waals surface area contributed by atoms with Crippen LogP contribution in [0.5, 0.6) is 5.75 Å².